The van der Waals surface area contributed by atoms with Crippen LogP contribution in [0, 0.1) is 16.7 Å². The summed E-state index contributed by atoms with van der Waals surface area (Å²) in [4.78, 5) is 27.4. The van der Waals surface area contributed by atoms with E-state index in [1.165, 1.54) is 19.1 Å². The number of esters is 1. The Kier molecular flexibility index (Phi) is 5.66. The van der Waals surface area contributed by atoms with Crippen molar-refractivity contribution in [3.05, 3.63) is 47.0 Å². The van der Waals surface area contributed by atoms with Gasteiger partial charge in [-0.3, -0.25) is 4.79 Å². The van der Waals surface area contributed by atoms with Crippen LogP contribution in [0.2, 0.25) is 0 Å². The highest BCUT2D eigenvalue weighted by Gasteiger charge is 2.80. The lowest BCUT2D eigenvalue weighted by Crippen LogP contribution is -2.85. The number of rotatable bonds is 2. The maximum Gasteiger partial charge on any atom is 0.338 e. The number of aliphatic hydroxyl groups excluding tert-OH is 3. The molecule has 0 unspecified atom stereocenters. The third kappa shape index (κ3) is 3.12. The molecule has 1 aromatic rings. The molecule has 37 heavy (non-hydrogen) atoms. The zero-order chi connectivity index (χ0) is 27.3. The van der Waals surface area contributed by atoms with Gasteiger partial charge in [-0.25, -0.2) is 4.79 Å². The number of carbonyl (C=O) groups is 2. The molecule has 9 atom stereocenters. The molecule has 0 radical (unpaired) electrons. The molecule has 5 rings (SSSR count). The van der Waals surface area contributed by atoms with Gasteiger partial charge in [-0.15, -0.1) is 0 Å². The number of hydrogen-bond acceptors (Lipinski definition) is 10. The van der Waals surface area contributed by atoms with E-state index in [4.69, 9.17) is 9.47 Å². The summed E-state index contributed by atoms with van der Waals surface area (Å²) in [6.45, 7) is 5.53. The number of Topliss-reactive ketones (excluding diaryl/α,β-unsaturated/α-hetero) is 1. The molecule has 1 saturated heterocycles. The molecule has 2 bridgehead atoms. The number of fused-ring (bicyclic) bond motifs is 5. The number of ketones is 1. The van der Waals surface area contributed by atoms with Crippen LogP contribution in [0.1, 0.15) is 50.9 Å². The lowest BCUT2D eigenvalue weighted by molar-refractivity contribution is -0.454. The molecule has 2 saturated carbocycles. The summed E-state index contributed by atoms with van der Waals surface area (Å²) in [5.74, 6) is -5.66. The molecule has 10 heteroatoms. The van der Waals surface area contributed by atoms with Gasteiger partial charge in [-0.05, 0) is 37.1 Å². The highest BCUT2D eigenvalue weighted by atomic mass is 16.7. The van der Waals surface area contributed by atoms with Crippen molar-refractivity contribution < 1.29 is 49.7 Å². The second-order valence-corrected chi connectivity index (χ2v) is 11.8. The molecule has 0 aromatic heterocycles. The molecular weight excluding hydrogens is 484 g/mol. The van der Waals surface area contributed by atoms with Gasteiger partial charge in [0.05, 0.1) is 35.7 Å². The van der Waals surface area contributed by atoms with Crippen LogP contribution in [0.5, 0.6) is 0 Å². The quantitative estimate of drug-likeness (QED) is 0.228. The van der Waals surface area contributed by atoms with Gasteiger partial charge in [-0.1, -0.05) is 32.0 Å². The molecule has 0 amide bonds. The van der Waals surface area contributed by atoms with E-state index in [2.05, 4.69) is 0 Å². The highest BCUT2D eigenvalue weighted by Crippen LogP contribution is 2.64. The van der Waals surface area contributed by atoms with Gasteiger partial charge < -0.3 is 40.1 Å². The minimum absolute atomic E-state index is 0.0593. The number of aliphatic hydroxyl groups is 6. The van der Waals surface area contributed by atoms with E-state index < -0.39 is 82.9 Å². The van der Waals surface area contributed by atoms with Crippen molar-refractivity contribution in [2.24, 2.45) is 16.7 Å². The maximum absolute atomic E-state index is 14.1. The van der Waals surface area contributed by atoms with Crippen LogP contribution < -0.4 is 0 Å². The largest absolute Gasteiger partial charge is 0.455 e. The fourth-order valence-corrected chi connectivity index (χ4v) is 7.28. The normalized spacial score (nSPS) is 46.6. The fourth-order valence-electron chi connectivity index (χ4n) is 7.28. The zero-order valence-electron chi connectivity index (χ0n) is 21.2. The second-order valence-electron chi connectivity index (χ2n) is 11.8. The number of benzene rings is 1. The molecule has 1 heterocycles. The van der Waals surface area contributed by atoms with Crippen molar-refractivity contribution in [2.75, 3.05) is 6.61 Å². The van der Waals surface area contributed by atoms with Gasteiger partial charge >= 0.3 is 5.97 Å². The number of carbonyl (C=O) groups excluding carboxylic acids is 2. The van der Waals surface area contributed by atoms with E-state index in [1.807, 2.05) is 0 Å². The molecule has 6 N–H and O–H groups in total. The van der Waals surface area contributed by atoms with Crippen LogP contribution in [0.15, 0.2) is 41.5 Å². The summed E-state index contributed by atoms with van der Waals surface area (Å²) in [7, 11) is 0. The summed E-state index contributed by atoms with van der Waals surface area (Å²) < 4.78 is 11.2. The average Bonchev–Trinajstić information content (AvgIpc) is 2.84. The summed E-state index contributed by atoms with van der Waals surface area (Å²) in [6.07, 6.45) is -7.42. The monoisotopic (exact) mass is 518 g/mol. The van der Waals surface area contributed by atoms with Crippen LogP contribution in [-0.2, 0) is 14.3 Å². The first kappa shape index (κ1) is 26.4. The van der Waals surface area contributed by atoms with Crippen molar-refractivity contribution in [3.8, 4) is 0 Å². The van der Waals surface area contributed by atoms with Crippen molar-refractivity contribution in [2.45, 2.75) is 81.9 Å². The Morgan fingerprint density at radius 2 is 1.62 bits per heavy atom. The minimum atomic E-state index is -2.29. The topological polar surface area (TPSA) is 174 Å². The standard InChI is InChI=1S/C27H34O10/c1-13-15(28)10-25(33)21(37-22(32)14-8-6-5-7-9-14)19-24(4,20(31)18(30)17(13)23(25,2)3)16(29)11-27(35)26(19,34)12-36-27/h5-9,15-16,18-19,21,28-30,33-35H,10-12H2,1-4H3/t15-,16-,18+,19-,21-,24+,25+,26+,27+/m0/s1. The van der Waals surface area contributed by atoms with Crippen LogP contribution >= 0.6 is 0 Å². The molecule has 0 spiro atoms. The molecule has 1 aromatic carbocycles. The van der Waals surface area contributed by atoms with E-state index in [1.54, 1.807) is 39.0 Å². The van der Waals surface area contributed by atoms with Gasteiger partial charge in [0.2, 0.25) is 0 Å². The Bertz CT molecular complexity index is 1180. The number of ether oxygens (including phenoxy) is 2. The predicted octanol–water partition coefficient (Wildman–Crippen LogP) is -0.169. The van der Waals surface area contributed by atoms with E-state index in [0.29, 0.717) is 5.57 Å². The van der Waals surface area contributed by atoms with Gasteiger partial charge in [0.25, 0.3) is 0 Å². The third-order valence-electron chi connectivity index (χ3n) is 9.78. The summed E-state index contributed by atoms with van der Waals surface area (Å²) in [5, 5.41) is 69.0. The summed E-state index contributed by atoms with van der Waals surface area (Å²) in [5.41, 5.74) is -7.33. The van der Waals surface area contributed by atoms with E-state index >= 15 is 0 Å². The first-order valence-electron chi connectivity index (χ1n) is 12.4. The van der Waals surface area contributed by atoms with E-state index in [0.717, 1.165) is 0 Å². The second kappa shape index (κ2) is 7.92. The van der Waals surface area contributed by atoms with Crippen molar-refractivity contribution in [1.29, 1.82) is 0 Å². The average molecular weight is 519 g/mol. The molecule has 1 aliphatic heterocycles. The molecule has 4 aliphatic rings. The fraction of sp³-hybridized carbons (Fsp3) is 0.630. The van der Waals surface area contributed by atoms with Crippen molar-refractivity contribution in [3.63, 3.8) is 0 Å². The van der Waals surface area contributed by atoms with E-state index in [-0.39, 0.29) is 17.6 Å². The lowest BCUT2D eigenvalue weighted by Gasteiger charge is -2.68. The van der Waals surface area contributed by atoms with Crippen LogP contribution in [-0.4, -0.2) is 90.4 Å². The molecular formula is C27H34O10. The number of hydrogen-bond donors (Lipinski definition) is 6. The van der Waals surface area contributed by atoms with Gasteiger partial charge in [0, 0.05) is 18.3 Å². The lowest BCUT2D eigenvalue weighted by atomic mass is 9.44. The van der Waals surface area contributed by atoms with Gasteiger partial charge in [-0.2, -0.15) is 0 Å². The smallest absolute Gasteiger partial charge is 0.338 e. The molecule has 3 aliphatic carbocycles. The van der Waals surface area contributed by atoms with Crippen LogP contribution in [0.4, 0.5) is 0 Å². The van der Waals surface area contributed by atoms with Gasteiger partial charge in [0.15, 0.2) is 11.6 Å². The Labute approximate surface area is 214 Å². The molecule has 10 nitrogen and oxygen atoms in total. The summed E-state index contributed by atoms with van der Waals surface area (Å²) >= 11 is 0. The van der Waals surface area contributed by atoms with Crippen LogP contribution in [0.25, 0.3) is 0 Å². The SMILES string of the molecule is CC1=C2[C@@H](O)C(=O)[C@]3(C)[C@@H](O)C[C@@]4(O)OC[C@@]4(O)[C@H]3[C@H](OC(=O)c3ccccc3)[C@](O)(C[C@@H]1O)C2(C)C. The highest BCUT2D eigenvalue weighted by molar-refractivity contribution is 5.94. The van der Waals surface area contributed by atoms with Crippen LogP contribution in [0.3, 0.4) is 0 Å². The third-order valence-corrected chi connectivity index (χ3v) is 9.78. The Hall–Kier alpha value is -2.18. The molecule has 3 fully saturated rings. The first-order valence-corrected chi connectivity index (χ1v) is 12.4. The van der Waals surface area contributed by atoms with Crippen molar-refractivity contribution in [1.82, 2.24) is 0 Å². The first-order chi connectivity index (χ1) is 17.1. The predicted molar refractivity (Wildman–Crippen MR) is 127 cm³/mol. The van der Waals surface area contributed by atoms with Gasteiger partial charge in [0.1, 0.15) is 23.4 Å². The molecule has 202 valence electrons. The zero-order valence-corrected chi connectivity index (χ0v) is 21.2. The maximum atomic E-state index is 14.1. The summed E-state index contributed by atoms with van der Waals surface area (Å²) in [6, 6.07) is 7.91. The van der Waals surface area contributed by atoms with Crippen molar-refractivity contribution >= 4 is 11.8 Å². The Morgan fingerprint density at radius 1 is 1.00 bits per heavy atom. The Balaban J connectivity index is 1.80. The van der Waals surface area contributed by atoms with E-state index in [9.17, 15) is 40.2 Å². The Morgan fingerprint density at radius 3 is 2.19 bits per heavy atom. The minimum Gasteiger partial charge on any atom is -0.455 e.